The number of benzene rings is 4. The molecule has 0 atom stereocenters. The van der Waals surface area contributed by atoms with Gasteiger partial charge in [-0.3, -0.25) is 0 Å². The van der Waals surface area contributed by atoms with Gasteiger partial charge < -0.3 is 4.74 Å². The van der Waals surface area contributed by atoms with Gasteiger partial charge >= 0.3 is 6.36 Å². The van der Waals surface area contributed by atoms with Crippen molar-refractivity contribution in [1.82, 2.24) is 0 Å². The zero-order valence-electron chi connectivity index (χ0n) is 19.1. The Morgan fingerprint density at radius 3 is 2.08 bits per heavy atom. The topological polar surface area (TPSA) is 9.23 Å². The quantitative estimate of drug-likeness (QED) is 0.174. The number of alkyl halides is 3. The molecule has 0 aromatic heterocycles. The van der Waals surface area contributed by atoms with Gasteiger partial charge in [0.1, 0.15) is 23.2 Å². The maximum absolute atomic E-state index is 15.2. The van der Waals surface area contributed by atoms with Crippen molar-refractivity contribution in [3.8, 4) is 16.9 Å². The number of aryl methyl sites for hydroxylation is 3. The second-order valence-corrected chi connectivity index (χ2v) is 8.43. The van der Waals surface area contributed by atoms with E-state index in [2.05, 4.69) is 11.3 Å². The van der Waals surface area contributed by atoms with Crippen molar-refractivity contribution in [3.05, 3.63) is 114 Å². The number of fused-ring (bicyclic) bond motifs is 1. The van der Waals surface area contributed by atoms with Crippen LogP contribution in [0.25, 0.3) is 21.9 Å². The van der Waals surface area contributed by atoms with E-state index in [0.717, 1.165) is 5.56 Å². The molecule has 7 heteroatoms. The Kier molecular flexibility index (Phi) is 7.38. The lowest BCUT2D eigenvalue weighted by Gasteiger charge is -2.12. The molecule has 0 aliphatic rings. The molecule has 0 fully saturated rings. The smallest absolute Gasteiger partial charge is 0.406 e. The summed E-state index contributed by atoms with van der Waals surface area (Å²) >= 11 is 0. The SMILES string of the molecule is C=CCCc1cc(F)c(-c2ccc3c(F)c(CCc4ccc(OC(F)(F)F)cc4)ccc3c2)c(F)c1. The number of allylic oxidation sites excluding steroid dienone is 1. The molecule has 0 amide bonds. The Hall–Kier alpha value is -3.74. The number of hydrogen-bond donors (Lipinski definition) is 0. The van der Waals surface area contributed by atoms with Crippen LogP contribution in [0.3, 0.4) is 0 Å². The summed E-state index contributed by atoms with van der Waals surface area (Å²) in [6.45, 7) is 3.61. The lowest BCUT2D eigenvalue weighted by molar-refractivity contribution is -0.274. The van der Waals surface area contributed by atoms with Gasteiger partial charge in [-0.2, -0.15) is 0 Å². The van der Waals surface area contributed by atoms with E-state index in [9.17, 15) is 22.0 Å². The third-order valence-electron chi connectivity index (χ3n) is 5.90. The molecule has 4 rings (SSSR count). The molecule has 0 bridgehead atoms. The molecule has 0 spiro atoms. The summed E-state index contributed by atoms with van der Waals surface area (Å²) in [5, 5.41) is 0.811. The summed E-state index contributed by atoms with van der Waals surface area (Å²) < 4.78 is 85.4. The van der Waals surface area contributed by atoms with Crippen molar-refractivity contribution in [2.75, 3.05) is 0 Å². The number of hydrogen-bond acceptors (Lipinski definition) is 1. The van der Waals surface area contributed by atoms with Crippen molar-refractivity contribution in [3.63, 3.8) is 0 Å². The number of ether oxygens (including phenoxy) is 1. The molecule has 1 nitrogen and oxygen atoms in total. The van der Waals surface area contributed by atoms with Gasteiger partial charge in [-0.25, -0.2) is 13.2 Å². The Bertz CT molecular complexity index is 1370. The molecule has 0 N–H and O–H groups in total. The summed E-state index contributed by atoms with van der Waals surface area (Å²) in [6, 6.07) is 15.9. The fourth-order valence-electron chi connectivity index (χ4n) is 4.14. The second kappa shape index (κ2) is 10.5. The van der Waals surface area contributed by atoms with Gasteiger partial charge in [0.2, 0.25) is 0 Å². The van der Waals surface area contributed by atoms with Gasteiger partial charge in [0.05, 0.1) is 5.56 Å². The van der Waals surface area contributed by atoms with Crippen LogP contribution >= 0.6 is 0 Å². The van der Waals surface area contributed by atoms with Gasteiger partial charge in [0.25, 0.3) is 0 Å². The van der Waals surface area contributed by atoms with Gasteiger partial charge in [-0.1, -0.05) is 42.5 Å². The minimum Gasteiger partial charge on any atom is -0.406 e. The van der Waals surface area contributed by atoms with E-state index >= 15 is 4.39 Å². The summed E-state index contributed by atoms with van der Waals surface area (Å²) in [4.78, 5) is 0. The summed E-state index contributed by atoms with van der Waals surface area (Å²) in [7, 11) is 0. The monoisotopic (exact) mass is 500 g/mol. The molecule has 186 valence electrons. The van der Waals surface area contributed by atoms with Crippen LogP contribution in [-0.2, 0) is 19.3 Å². The third kappa shape index (κ3) is 5.90. The van der Waals surface area contributed by atoms with Crippen molar-refractivity contribution in [2.24, 2.45) is 0 Å². The Labute approximate surface area is 204 Å². The van der Waals surface area contributed by atoms with Crippen LogP contribution in [0.15, 0.2) is 79.4 Å². The first-order valence-electron chi connectivity index (χ1n) is 11.3. The zero-order valence-corrected chi connectivity index (χ0v) is 19.1. The zero-order chi connectivity index (χ0) is 25.9. The molecule has 0 saturated carbocycles. The van der Waals surface area contributed by atoms with Gasteiger partial charge in [-0.05, 0) is 83.7 Å². The van der Waals surface area contributed by atoms with Crippen LogP contribution in [0.2, 0.25) is 0 Å². The summed E-state index contributed by atoms with van der Waals surface area (Å²) in [5.41, 5.74) is 1.83. The third-order valence-corrected chi connectivity index (χ3v) is 5.90. The molecule has 0 unspecified atom stereocenters. The summed E-state index contributed by atoms with van der Waals surface area (Å²) in [6.07, 6.45) is -1.27. The molecule has 36 heavy (non-hydrogen) atoms. The first-order valence-corrected chi connectivity index (χ1v) is 11.3. The number of halogens is 6. The average molecular weight is 500 g/mol. The highest BCUT2D eigenvalue weighted by Crippen LogP contribution is 2.32. The van der Waals surface area contributed by atoms with Crippen molar-refractivity contribution < 1.29 is 31.1 Å². The Balaban J connectivity index is 1.53. The highest BCUT2D eigenvalue weighted by Gasteiger charge is 2.30. The molecular weight excluding hydrogens is 478 g/mol. The summed E-state index contributed by atoms with van der Waals surface area (Å²) in [5.74, 6) is -2.13. The van der Waals surface area contributed by atoms with Crippen LogP contribution < -0.4 is 4.74 Å². The Morgan fingerprint density at radius 1 is 0.750 bits per heavy atom. The van der Waals surface area contributed by atoms with Crippen LogP contribution in [-0.4, -0.2) is 6.36 Å². The molecule has 0 aliphatic heterocycles. The van der Waals surface area contributed by atoms with E-state index in [-0.39, 0.29) is 11.3 Å². The van der Waals surface area contributed by atoms with Gasteiger partial charge in [0.15, 0.2) is 0 Å². The molecular formula is C29H22F6O. The molecule has 0 saturated heterocycles. The second-order valence-electron chi connectivity index (χ2n) is 8.43. The van der Waals surface area contributed by atoms with E-state index in [4.69, 9.17) is 0 Å². The van der Waals surface area contributed by atoms with E-state index in [1.54, 1.807) is 24.3 Å². The van der Waals surface area contributed by atoms with Crippen molar-refractivity contribution in [2.45, 2.75) is 32.0 Å². The van der Waals surface area contributed by atoms with E-state index in [1.165, 1.54) is 48.5 Å². The van der Waals surface area contributed by atoms with Crippen molar-refractivity contribution in [1.29, 1.82) is 0 Å². The maximum atomic E-state index is 15.2. The van der Waals surface area contributed by atoms with Gasteiger partial charge in [-0.15, -0.1) is 19.8 Å². The van der Waals surface area contributed by atoms with Crippen LogP contribution in [0.5, 0.6) is 5.75 Å². The molecule has 0 heterocycles. The molecule has 4 aromatic carbocycles. The molecule has 0 aliphatic carbocycles. The highest BCUT2D eigenvalue weighted by atomic mass is 19.4. The lowest BCUT2D eigenvalue weighted by atomic mass is 9.96. The Morgan fingerprint density at radius 2 is 1.44 bits per heavy atom. The van der Waals surface area contributed by atoms with Crippen LogP contribution in [0.1, 0.15) is 23.1 Å². The van der Waals surface area contributed by atoms with Crippen molar-refractivity contribution >= 4 is 10.8 Å². The predicted octanol–water partition coefficient (Wildman–Crippen LogP) is 8.73. The van der Waals surface area contributed by atoms with E-state index in [1.807, 2.05) is 0 Å². The predicted molar refractivity (Wildman–Crippen MR) is 128 cm³/mol. The fourth-order valence-corrected chi connectivity index (χ4v) is 4.14. The maximum Gasteiger partial charge on any atom is 0.573 e. The van der Waals surface area contributed by atoms with Gasteiger partial charge in [0, 0.05) is 5.39 Å². The van der Waals surface area contributed by atoms with Crippen LogP contribution in [0.4, 0.5) is 26.3 Å². The number of rotatable bonds is 8. The molecule has 4 aromatic rings. The minimum absolute atomic E-state index is 0.165. The minimum atomic E-state index is -4.76. The average Bonchev–Trinajstić information content (AvgIpc) is 2.82. The standard InChI is InChI=1S/C29H22F6O/c1-2-3-4-19-15-25(30)27(26(31)16-19)22-11-14-24-21(17-22)10-9-20(28(24)32)8-5-18-6-12-23(13-7-18)36-29(33,34)35/h2,6-7,9-17H,1,3-5,8H2. The first kappa shape index (κ1) is 25.4. The molecule has 0 radical (unpaired) electrons. The fraction of sp³-hybridized carbons (Fsp3) is 0.172. The lowest BCUT2D eigenvalue weighted by Crippen LogP contribution is -2.17. The van der Waals surface area contributed by atoms with E-state index in [0.29, 0.717) is 53.1 Å². The normalized spacial score (nSPS) is 11.6. The van der Waals surface area contributed by atoms with E-state index < -0.39 is 23.8 Å². The van der Waals surface area contributed by atoms with Crippen LogP contribution in [0, 0.1) is 17.5 Å². The highest BCUT2D eigenvalue weighted by molar-refractivity contribution is 5.88. The first-order chi connectivity index (χ1) is 17.1. The largest absolute Gasteiger partial charge is 0.573 e.